The maximum Gasteiger partial charge on any atom is 0.126 e. The molecule has 1 atom stereocenters. The van der Waals surface area contributed by atoms with Crippen LogP contribution < -0.4 is 5.32 Å². The van der Waals surface area contributed by atoms with Gasteiger partial charge in [0.2, 0.25) is 0 Å². The Kier molecular flexibility index (Phi) is 5.51. The third kappa shape index (κ3) is 4.40. The molecule has 0 saturated heterocycles. The largest absolute Gasteiger partial charge is 0.310 e. The summed E-state index contributed by atoms with van der Waals surface area (Å²) >= 11 is 0. The minimum atomic E-state index is -0.136. The third-order valence-corrected chi connectivity index (χ3v) is 3.75. The van der Waals surface area contributed by atoms with Crippen LogP contribution in [0.4, 0.5) is 4.39 Å². The van der Waals surface area contributed by atoms with Gasteiger partial charge in [-0.1, -0.05) is 48.9 Å². The molecule has 2 heteroatoms. The van der Waals surface area contributed by atoms with E-state index >= 15 is 0 Å². The lowest BCUT2D eigenvalue weighted by molar-refractivity contribution is 0.527. The fourth-order valence-corrected chi connectivity index (χ4v) is 2.59. The highest BCUT2D eigenvalue weighted by Crippen LogP contribution is 2.21. The average molecular weight is 285 g/mol. The van der Waals surface area contributed by atoms with E-state index in [1.807, 2.05) is 19.1 Å². The molecule has 0 aliphatic heterocycles. The number of benzene rings is 2. The summed E-state index contributed by atoms with van der Waals surface area (Å²) in [6.07, 6.45) is 2.01. The van der Waals surface area contributed by atoms with Gasteiger partial charge >= 0.3 is 0 Å². The molecule has 0 amide bonds. The lowest BCUT2D eigenvalue weighted by atomic mass is 9.96. The second kappa shape index (κ2) is 7.37. The molecule has 0 bridgehead atoms. The van der Waals surface area contributed by atoms with Crippen molar-refractivity contribution in [2.24, 2.45) is 0 Å². The van der Waals surface area contributed by atoms with Crippen LogP contribution in [-0.4, -0.2) is 6.54 Å². The molecule has 0 spiro atoms. The highest BCUT2D eigenvalue weighted by atomic mass is 19.1. The van der Waals surface area contributed by atoms with Crippen LogP contribution in [0.3, 0.4) is 0 Å². The maximum atomic E-state index is 13.5. The second-order valence-electron chi connectivity index (χ2n) is 5.71. The standard InChI is InChI=1S/C19H24FN/c1-4-10-21-19(13-16-7-5-6-14(2)11-16)17-8-9-18(20)15(3)12-17/h5-9,11-12,19,21H,4,10,13H2,1-3H3. The van der Waals surface area contributed by atoms with Gasteiger partial charge in [0.15, 0.2) is 0 Å². The zero-order chi connectivity index (χ0) is 15.2. The van der Waals surface area contributed by atoms with Gasteiger partial charge in [-0.05, 0) is 56.0 Å². The maximum absolute atomic E-state index is 13.5. The molecule has 0 heterocycles. The Hall–Kier alpha value is -1.67. The summed E-state index contributed by atoms with van der Waals surface area (Å²) in [6.45, 7) is 7.06. The van der Waals surface area contributed by atoms with Crippen LogP contribution >= 0.6 is 0 Å². The summed E-state index contributed by atoms with van der Waals surface area (Å²) in [5.41, 5.74) is 4.45. The summed E-state index contributed by atoms with van der Waals surface area (Å²) in [6, 6.07) is 14.2. The first-order chi connectivity index (χ1) is 10.1. The fourth-order valence-electron chi connectivity index (χ4n) is 2.59. The lowest BCUT2D eigenvalue weighted by Gasteiger charge is -2.20. The average Bonchev–Trinajstić information content (AvgIpc) is 2.46. The molecule has 0 aliphatic carbocycles. The van der Waals surface area contributed by atoms with Gasteiger partial charge in [-0.2, -0.15) is 0 Å². The van der Waals surface area contributed by atoms with Crippen molar-refractivity contribution in [3.63, 3.8) is 0 Å². The number of aryl methyl sites for hydroxylation is 2. The molecule has 1 unspecified atom stereocenters. The van der Waals surface area contributed by atoms with Crippen LogP contribution in [0.5, 0.6) is 0 Å². The number of halogens is 1. The van der Waals surface area contributed by atoms with Crippen molar-refractivity contribution in [2.45, 2.75) is 39.7 Å². The molecule has 0 aromatic heterocycles. The van der Waals surface area contributed by atoms with Crippen molar-refractivity contribution in [1.29, 1.82) is 0 Å². The first-order valence-electron chi connectivity index (χ1n) is 7.65. The van der Waals surface area contributed by atoms with E-state index in [-0.39, 0.29) is 11.9 Å². The highest BCUT2D eigenvalue weighted by Gasteiger charge is 2.13. The van der Waals surface area contributed by atoms with Gasteiger partial charge < -0.3 is 5.32 Å². The topological polar surface area (TPSA) is 12.0 Å². The van der Waals surface area contributed by atoms with Gasteiger partial charge in [0.25, 0.3) is 0 Å². The Morgan fingerprint density at radius 3 is 2.57 bits per heavy atom. The molecule has 0 fully saturated rings. The number of hydrogen-bond donors (Lipinski definition) is 1. The van der Waals surface area contributed by atoms with Crippen LogP contribution in [0, 0.1) is 19.7 Å². The molecule has 2 aromatic rings. The van der Waals surface area contributed by atoms with E-state index < -0.39 is 0 Å². The Morgan fingerprint density at radius 2 is 1.90 bits per heavy atom. The predicted molar refractivity (Wildman–Crippen MR) is 87.1 cm³/mol. The number of rotatable bonds is 6. The van der Waals surface area contributed by atoms with Crippen LogP contribution in [0.2, 0.25) is 0 Å². The van der Waals surface area contributed by atoms with Gasteiger partial charge in [0.1, 0.15) is 5.82 Å². The minimum Gasteiger partial charge on any atom is -0.310 e. The summed E-state index contributed by atoms with van der Waals surface area (Å²) in [7, 11) is 0. The van der Waals surface area contributed by atoms with Crippen molar-refractivity contribution in [2.75, 3.05) is 6.54 Å². The zero-order valence-corrected chi connectivity index (χ0v) is 13.1. The van der Waals surface area contributed by atoms with Crippen molar-refractivity contribution in [3.05, 3.63) is 70.5 Å². The molecule has 1 nitrogen and oxygen atoms in total. The van der Waals surface area contributed by atoms with Gasteiger partial charge in [0.05, 0.1) is 0 Å². The first-order valence-corrected chi connectivity index (χ1v) is 7.65. The summed E-state index contributed by atoms with van der Waals surface area (Å²) in [4.78, 5) is 0. The van der Waals surface area contributed by atoms with Gasteiger partial charge in [-0.15, -0.1) is 0 Å². The molecular formula is C19H24FN. The number of hydrogen-bond acceptors (Lipinski definition) is 1. The van der Waals surface area contributed by atoms with Crippen molar-refractivity contribution >= 4 is 0 Å². The summed E-state index contributed by atoms with van der Waals surface area (Å²) in [5, 5.41) is 3.58. The summed E-state index contributed by atoms with van der Waals surface area (Å²) in [5.74, 6) is -0.136. The monoisotopic (exact) mass is 285 g/mol. The Bertz CT molecular complexity index is 592. The first kappa shape index (κ1) is 15.7. The quantitative estimate of drug-likeness (QED) is 0.809. The fraction of sp³-hybridized carbons (Fsp3) is 0.368. The molecule has 0 saturated carbocycles. The molecule has 0 aliphatic rings. The van der Waals surface area contributed by atoms with Crippen molar-refractivity contribution in [3.8, 4) is 0 Å². The predicted octanol–water partition coefficient (Wildman–Crippen LogP) is 4.73. The van der Waals surface area contributed by atoms with Crippen LogP contribution in [-0.2, 0) is 6.42 Å². The van der Waals surface area contributed by atoms with Gasteiger partial charge in [0, 0.05) is 6.04 Å². The normalized spacial score (nSPS) is 12.4. The van der Waals surface area contributed by atoms with E-state index in [4.69, 9.17) is 0 Å². The SMILES string of the molecule is CCCNC(Cc1cccc(C)c1)c1ccc(F)c(C)c1. The minimum absolute atomic E-state index is 0.136. The van der Waals surface area contributed by atoms with E-state index in [0.717, 1.165) is 24.9 Å². The molecular weight excluding hydrogens is 261 g/mol. The van der Waals surface area contributed by atoms with E-state index in [2.05, 4.69) is 43.4 Å². The molecule has 112 valence electrons. The summed E-state index contributed by atoms with van der Waals surface area (Å²) < 4.78 is 13.5. The van der Waals surface area contributed by atoms with Crippen LogP contribution in [0.25, 0.3) is 0 Å². The van der Waals surface area contributed by atoms with Crippen molar-refractivity contribution in [1.82, 2.24) is 5.32 Å². The molecule has 2 rings (SSSR count). The highest BCUT2D eigenvalue weighted by molar-refractivity contribution is 5.29. The van der Waals surface area contributed by atoms with Gasteiger partial charge in [-0.3, -0.25) is 0 Å². The van der Waals surface area contributed by atoms with E-state index in [1.54, 1.807) is 6.07 Å². The lowest BCUT2D eigenvalue weighted by Crippen LogP contribution is -2.24. The Morgan fingerprint density at radius 1 is 1.10 bits per heavy atom. The Balaban J connectivity index is 2.22. The molecule has 21 heavy (non-hydrogen) atoms. The second-order valence-corrected chi connectivity index (χ2v) is 5.71. The van der Waals surface area contributed by atoms with Crippen LogP contribution in [0.1, 0.15) is 41.6 Å². The van der Waals surface area contributed by atoms with Crippen molar-refractivity contribution < 1.29 is 4.39 Å². The Labute approximate surface area is 127 Å². The number of nitrogens with one attached hydrogen (secondary N) is 1. The zero-order valence-electron chi connectivity index (χ0n) is 13.1. The third-order valence-electron chi connectivity index (χ3n) is 3.75. The molecule has 1 N–H and O–H groups in total. The molecule has 2 aromatic carbocycles. The van der Waals surface area contributed by atoms with Crippen LogP contribution in [0.15, 0.2) is 42.5 Å². The van der Waals surface area contributed by atoms with E-state index in [9.17, 15) is 4.39 Å². The van der Waals surface area contributed by atoms with E-state index in [1.165, 1.54) is 11.1 Å². The van der Waals surface area contributed by atoms with Gasteiger partial charge in [-0.25, -0.2) is 4.39 Å². The smallest absolute Gasteiger partial charge is 0.126 e. The molecule has 0 radical (unpaired) electrons. The van der Waals surface area contributed by atoms with E-state index in [0.29, 0.717) is 5.56 Å².